The lowest BCUT2D eigenvalue weighted by Crippen LogP contribution is -1.98. The fraction of sp³-hybridized carbons (Fsp3) is 0.0769. The molecule has 0 unspecified atom stereocenters. The first-order valence-corrected chi connectivity index (χ1v) is 5.16. The lowest BCUT2D eigenvalue weighted by atomic mass is 10.2. The average molecular weight is 232 g/mol. The second kappa shape index (κ2) is 4.74. The van der Waals surface area contributed by atoms with E-state index in [1.165, 1.54) is 6.07 Å². The SMILES string of the molecule is COc1cccc(Nc2cccc(F)c2N)c1. The first kappa shape index (κ1) is 11.3. The minimum Gasteiger partial charge on any atom is -0.497 e. The van der Waals surface area contributed by atoms with Crippen LogP contribution < -0.4 is 15.8 Å². The molecule has 0 fully saturated rings. The zero-order chi connectivity index (χ0) is 12.3. The van der Waals surface area contributed by atoms with Crippen molar-refractivity contribution in [3.8, 4) is 5.75 Å². The Balaban J connectivity index is 2.28. The number of para-hydroxylation sites is 1. The highest BCUT2D eigenvalue weighted by Crippen LogP contribution is 2.26. The molecule has 2 rings (SSSR count). The summed E-state index contributed by atoms with van der Waals surface area (Å²) in [6.45, 7) is 0. The number of hydrogen-bond donors (Lipinski definition) is 2. The lowest BCUT2D eigenvalue weighted by molar-refractivity contribution is 0.415. The molecule has 0 aliphatic carbocycles. The van der Waals surface area contributed by atoms with Crippen LogP contribution in [0.15, 0.2) is 42.5 Å². The third-order valence-electron chi connectivity index (χ3n) is 2.40. The molecule has 3 N–H and O–H groups in total. The molecule has 0 heterocycles. The third-order valence-corrected chi connectivity index (χ3v) is 2.40. The van der Waals surface area contributed by atoms with E-state index in [-0.39, 0.29) is 5.69 Å². The number of halogens is 1. The Morgan fingerprint density at radius 2 is 1.94 bits per heavy atom. The van der Waals surface area contributed by atoms with Gasteiger partial charge in [-0.25, -0.2) is 4.39 Å². The molecule has 0 aliphatic heterocycles. The monoisotopic (exact) mass is 232 g/mol. The molecular weight excluding hydrogens is 219 g/mol. The fourth-order valence-corrected chi connectivity index (χ4v) is 1.50. The van der Waals surface area contributed by atoms with Crippen LogP contribution in [-0.4, -0.2) is 7.11 Å². The summed E-state index contributed by atoms with van der Waals surface area (Å²) >= 11 is 0. The Morgan fingerprint density at radius 3 is 2.71 bits per heavy atom. The number of anilines is 3. The minimum atomic E-state index is -0.433. The predicted octanol–water partition coefficient (Wildman–Crippen LogP) is 3.16. The molecule has 17 heavy (non-hydrogen) atoms. The Kier molecular flexibility index (Phi) is 3.14. The molecule has 3 nitrogen and oxygen atoms in total. The Labute approximate surface area is 99.0 Å². The van der Waals surface area contributed by atoms with E-state index in [1.807, 2.05) is 24.3 Å². The summed E-state index contributed by atoms with van der Waals surface area (Å²) in [5.41, 5.74) is 7.07. The molecule has 0 saturated heterocycles. The van der Waals surface area contributed by atoms with Gasteiger partial charge in [-0.15, -0.1) is 0 Å². The topological polar surface area (TPSA) is 47.3 Å². The maximum absolute atomic E-state index is 13.2. The van der Waals surface area contributed by atoms with E-state index in [2.05, 4.69) is 5.32 Å². The highest BCUT2D eigenvalue weighted by molar-refractivity contribution is 5.73. The summed E-state index contributed by atoms with van der Waals surface area (Å²) in [6, 6.07) is 12.0. The van der Waals surface area contributed by atoms with Crippen LogP contribution in [0, 0.1) is 5.82 Å². The number of benzene rings is 2. The van der Waals surface area contributed by atoms with E-state index >= 15 is 0 Å². The van der Waals surface area contributed by atoms with Crippen LogP contribution in [0.1, 0.15) is 0 Å². The van der Waals surface area contributed by atoms with Crippen LogP contribution in [0.5, 0.6) is 5.75 Å². The largest absolute Gasteiger partial charge is 0.497 e. The van der Waals surface area contributed by atoms with Gasteiger partial charge in [-0.05, 0) is 24.3 Å². The van der Waals surface area contributed by atoms with Crippen molar-refractivity contribution in [1.29, 1.82) is 0 Å². The first-order valence-electron chi connectivity index (χ1n) is 5.16. The second-order valence-electron chi connectivity index (χ2n) is 3.56. The third kappa shape index (κ3) is 2.47. The number of rotatable bonds is 3. The minimum absolute atomic E-state index is 0.107. The highest BCUT2D eigenvalue weighted by Gasteiger charge is 2.04. The number of nitrogen functional groups attached to an aromatic ring is 1. The molecule has 0 aromatic heterocycles. The number of ether oxygens (including phenoxy) is 1. The van der Waals surface area contributed by atoms with Gasteiger partial charge in [0, 0.05) is 11.8 Å². The van der Waals surface area contributed by atoms with Crippen LogP contribution in [0.4, 0.5) is 21.5 Å². The summed E-state index contributed by atoms with van der Waals surface area (Å²) in [5, 5.41) is 3.04. The number of nitrogens with two attached hydrogens (primary N) is 1. The van der Waals surface area contributed by atoms with Gasteiger partial charge in [0.2, 0.25) is 0 Å². The van der Waals surface area contributed by atoms with Gasteiger partial charge in [-0.1, -0.05) is 12.1 Å². The van der Waals surface area contributed by atoms with E-state index in [9.17, 15) is 4.39 Å². The van der Waals surface area contributed by atoms with E-state index in [4.69, 9.17) is 10.5 Å². The van der Waals surface area contributed by atoms with Crippen molar-refractivity contribution in [2.24, 2.45) is 0 Å². The van der Waals surface area contributed by atoms with Gasteiger partial charge in [0.05, 0.1) is 18.5 Å². The Morgan fingerprint density at radius 1 is 1.18 bits per heavy atom. The molecular formula is C13H13FN2O. The molecule has 0 spiro atoms. The van der Waals surface area contributed by atoms with Crippen LogP contribution in [0.2, 0.25) is 0 Å². The molecule has 0 amide bonds. The second-order valence-corrected chi connectivity index (χ2v) is 3.56. The van der Waals surface area contributed by atoms with Crippen molar-refractivity contribution in [3.63, 3.8) is 0 Å². The van der Waals surface area contributed by atoms with Gasteiger partial charge in [0.25, 0.3) is 0 Å². The Hall–Kier alpha value is -2.23. The van der Waals surface area contributed by atoms with Crippen LogP contribution in [-0.2, 0) is 0 Å². The van der Waals surface area contributed by atoms with Gasteiger partial charge in [-0.2, -0.15) is 0 Å². The molecule has 88 valence electrons. The summed E-state index contributed by atoms with van der Waals surface area (Å²) in [7, 11) is 1.59. The number of methoxy groups -OCH3 is 1. The highest BCUT2D eigenvalue weighted by atomic mass is 19.1. The quantitative estimate of drug-likeness (QED) is 0.799. The molecule has 0 radical (unpaired) electrons. The van der Waals surface area contributed by atoms with Crippen molar-refractivity contribution in [3.05, 3.63) is 48.3 Å². The number of hydrogen-bond acceptors (Lipinski definition) is 3. The van der Waals surface area contributed by atoms with Gasteiger partial charge < -0.3 is 15.8 Å². The lowest BCUT2D eigenvalue weighted by Gasteiger charge is -2.10. The fourth-order valence-electron chi connectivity index (χ4n) is 1.50. The van der Waals surface area contributed by atoms with Crippen molar-refractivity contribution in [2.45, 2.75) is 0 Å². The average Bonchev–Trinajstić information content (AvgIpc) is 2.35. The number of nitrogens with one attached hydrogen (secondary N) is 1. The molecule has 2 aromatic rings. The van der Waals surface area contributed by atoms with Gasteiger partial charge in [-0.3, -0.25) is 0 Å². The van der Waals surface area contributed by atoms with Crippen molar-refractivity contribution >= 4 is 17.1 Å². The van der Waals surface area contributed by atoms with E-state index < -0.39 is 5.82 Å². The predicted molar refractivity (Wildman–Crippen MR) is 67.1 cm³/mol. The van der Waals surface area contributed by atoms with Crippen LogP contribution in [0.25, 0.3) is 0 Å². The molecule has 0 bridgehead atoms. The molecule has 0 aliphatic rings. The molecule has 0 saturated carbocycles. The zero-order valence-corrected chi connectivity index (χ0v) is 9.41. The standard InChI is InChI=1S/C13H13FN2O/c1-17-10-5-2-4-9(8-10)16-12-7-3-6-11(14)13(12)15/h2-8,16H,15H2,1H3. The summed E-state index contributed by atoms with van der Waals surface area (Å²) in [5.74, 6) is 0.294. The Bertz CT molecular complexity index is 529. The first-order chi connectivity index (χ1) is 8.20. The normalized spacial score (nSPS) is 10.0. The van der Waals surface area contributed by atoms with E-state index in [0.717, 1.165) is 11.4 Å². The molecule has 2 aromatic carbocycles. The van der Waals surface area contributed by atoms with E-state index in [1.54, 1.807) is 19.2 Å². The molecule has 4 heteroatoms. The van der Waals surface area contributed by atoms with Crippen molar-refractivity contribution < 1.29 is 9.13 Å². The van der Waals surface area contributed by atoms with Crippen molar-refractivity contribution in [2.75, 3.05) is 18.2 Å². The summed E-state index contributed by atoms with van der Waals surface area (Å²) in [4.78, 5) is 0. The summed E-state index contributed by atoms with van der Waals surface area (Å²) in [6.07, 6.45) is 0. The maximum Gasteiger partial charge on any atom is 0.148 e. The summed E-state index contributed by atoms with van der Waals surface area (Å²) < 4.78 is 18.3. The van der Waals surface area contributed by atoms with Crippen LogP contribution in [0.3, 0.4) is 0 Å². The van der Waals surface area contributed by atoms with Gasteiger partial charge in [0.15, 0.2) is 0 Å². The van der Waals surface area contributed by atoms with Crippen LogP contribution >= 0.6 is 0 Å². The molecule has 0 atom stereocenters. The van der Waals surface area contributed by atoms with Gasteiger partial charge >= 0.3 is 0 Å². The zero-order valence-electron chi connectivity index (χ0n) is 9.41. The van der Waals surface area contributed by atoms with Crippen molar-refractivity contribution in [1.82, 2.24) is 0 Å². The van der Waals surface area contributed by atoms with Gasteiger partial charge in [0.1, 0.15) is 11.6 Å². The smallest absolute Gasteiger partial charge is 0.148 e. The van der Waals surface area contributed by atoms with E-state index in [0.29, 0.717) is 5.69 Å². The maximum atomic E-state index is 13.2.